The van der Waals surface area contributed by atoms with Crippen LogP contribution in [0.3, 0.4) is 0 Å². The second-order valence-corrected chi connectivity index (χ2v) is 5.36. The van der Waals surface area contributed by atoms with Crippen molar-refractivity contribution in [3.8, 4) is 0 Å². The summed E-state index contributed by atoms with van der Waals surface area (Å²) in [7, 11) is -0.804. The first kappa shape index (κ1) is 9.84. The van der Waals surface area contributed by atoms with E-state index in [2.05, 4.69) is 0 Å². The summed E-state index contributed by atoms with van der Waals surface area (Å²) in [6.45, 7) is 0. The maximum Gasteiger partial charge on any atom is 0.123 e. The number of hydrogen-bond donors (Lipinski definition) is 0. The van der Waals surface area contributed by atoms with Gasteiger partial charge in [-0.2, -0.15) is 0 Å². The Balaban J connectivity index is 2.24. The smallest absolute Gasteiger partial charge is 0.123 e. The first-order valence-electron chi connectivity index (χ1n) is 4.90. The van der Waals surface area contributed by atoms with Gasteiger partial charge in [0.2, 0.25) is 0 Å². The first-order chi connectivity index (χ1) is 6.77. The zero-order chi connectivity index (χ0) is 9.97. The summed E-state index contributed by atoms with van der Waals surface area (Å²) in [5.74, 6) is 0.534. The molecule has 2 atom stereocenters. The second-order valence-electron chi connectivity index (χ2n) is 3.62. The van der Waals surface area contributed by atoms with Gasteiger partial charge in [-0.15, -0.1) is 0 Å². The van der Waals surface area contributed by atoms with Crippen LogP contribution in [-0.2, 0) is 10.8 Å². The predicted molar refractivity (Wildman–Crippen MR) is 56.0 cm³/mol. The summed E-state index contributed by atoms with van der Waals surface area (Å²) in [4.78, 5) is 0. The van der Waals surface area contributed by atoms with Crippen molar-refractivity contribution < 1.29 is 8.60 Å². The lowest BCUT2D eigenvalue weighted by Gasteiger charge is -2.21. The molecule has 0 saturated carbocycles. The zero-order valence-electron chi connectivity index (χ0n) is 7.91. The molecule has 1 aromatic rings. The van der Waals surface area contributed by atoms with E-state index >= 15 is 0 Å². The zero-order valence-corrected chi connectivity index (χ0v) is 8.73. The second kappa shape index (κ2) is 4.22. The molecule has 3 heteroatoms. The normalized spacial score (nSPS) is 27.5. The molecular formula is C11H13FOS. The molecule has 0 spiro atoms. The van der Waals surface area contributed by atoms with Gasteiger partial charge in [-0.25, -0.2) is 4.39 Å². The number of benzene rings is 1. The van der Waals surface area contributed by atoms with Gasteiger partial charge in [0, 0.05) is 16.6 Å². The third-order valence-electron chi connectivity index (χ3n) is 2.60. The molecule has 2 rings (SSSR count). The lowest BCUT2D eigenvalue weighted by Crippen LogP contribution is -2.15. The van der Waals surface area contributed by atoms with Crippen LogP contribution >= 0.6 is 0 Å². The minimum Gasteiger partial charge on any atom is -0.259 e. The SMILES string of the molecule is O=S1CCCCC1c1cccc(F)c1. The Morgan fingerprint density at radius 1 is 1.36 bits per heavy atom. The summed E-state index contributed by atoms with van der Waals surface area (Å²) in [6.07, 6.45) is 3.07. The molecule has 1 heterocycles. The molecule has 2 unspecified atom stereocenters. The topological polar surface area (TPSA) is 17.1 Å². The number of rotatable bonds is 1. The van der Waals surface area contributed by atoms with E-state index in [4.69, 9.17) is 0 Å². The summed E-state index contributed by atoms with van der Waals surface area (Å²) < 4.78 is 24.6. The third-order valence-corrected chi connectivity index (χ3v) is 4.43. The van der Waals surface area contributed by atoms with Gasteiger partial charge < -0.3 is 0 Å². The van der Waals surface area contributed by atoms with E-state index in [9.17, 15) is 8.60 Å². The summed E-state index contributed by atoms with van der Waals surface area (Å²) in [6, 6.07) is 6.50. The van der Waals surface area contributed by atoms with Crippen molar-refractivity contribution in [3.05, 3.63) is 35.6 Å². The van der Waals surface area contributed by atoms with E-state index in [1.165, 1.54) is 12.1 Å². The Bertz CT molecular complexity index is 351. The van der Waals surface area contributed by atoms with Crippen LogP contribution in [0.25, 0.3) is 0 Å². The van der Waals surface area contributed by atoms with Gasteiger partial charge in [-0.3, -0.25) is 4.21 Å². The largest absolute Gasteiger partial charge is 0.259 e. The first-order valence-corrected chi connectivity index (χ1v) is 6.28. The molecule has 1 aromatic carbocycles. The number of halogens is 1. The monoisotopic (exact) mass is 212 g/mol. The highest BCUT2D eigenvalue weighted by molar-refractivity contribution is 7.85. The highest BCUT2D eigenvalue weighted by Gasteiger charge is 2.22. The minimum atomic E-state index is -0.804. The van der Waals surface area contributed by atoms with E-state index in [-0.39, 0.29) is 11.1 Å². The number of hydrogen-bond acceptors (Lipinski definition) is 1. The maximum absolute atomic E-state index is 13.0. The van der Waals surface area contributed by atoms with E-state index in [1.54, 1.807) is 6.07 Å². The molecule has 76 valence electrons. The summed E-state index contributed by atoms with van der Waals surface area (Å²) in [5, 5.41) is 0.0550. The quantitative estimate of drug-likeness (QED) is 0.699. The Labute approximate surface area is 85.8 Å². The average molecular weight is 212 g/mol. The highest BCUT2D eigenvalue weighted by Crippen LogP contribution is 2.30. The molecule has 0 radical (unpaired) electrons. The van der Waals surface area contributed by atoms with Gasteiger partial charge in [0.15, 0.2) is 0 Å². The van der Waals surface area contributed by atoms with Crippen LogP contribution in [0.5, 0.6) is 0 Å². The van der Waals surface area contributed by atoms with Crippen molar-refractivity contribution in [3.63, 3.8) is 0 Å². The molecule has 1 nitrogen and oxygen atoms in total. The van der Waals surface area contributed by atoms with Crippen LogP contribution < -0.4 is 0 Å². The molecule has 1 aliphatic rings. The van der Waals surface area contributed by atoms with E-state index in [0.29, 0.717) is 0 Å². The standard InChI is InChI=1S/C11H13FOS/c12-10-5-3-4-9(8-10)11-6-1-2-7-14(11)13/h3-5,8,11H,1-2,6-7H2. The van der Waals surface area contributed by atoms with E-state index in [0.717, 1.165) is 30.6 Å². The summed E-state index contributed by atoms with van der Waals surface area (Å²) >= 11 is 0. The molecule has 1 aliphatic heterocycles. The van der Waals surface area contributed by atoms with Crippen LogP contribution in [0.15, 0.2) is 24.3 Å². The minimum absolute atomic E-state index is 0.0550. The van der Waals surface area contributed by atoms with Crippen LogP contribution in [0.4, 0.5) is 4.39 Å². The summed E-state index contributed by atoms with van der Waals surface area (Å²) in [5.41, 5.74) is 0.892. The maximum atomic E-state index is 13.0. The van der Waals surface area contributed by atoms with Gasteiger partial charge in [0.25, 0.3) is 0 Å². The molecule has 0 aromatic heterocycles. The molecule has 0 bridgehead atoms. The van der Waals surface area contributed by atoms with Crippen LogP contribution in [0.2, 0.25) is 0 Å². The van der Waals surface area contributed by atoms with Gasteiger partial charge in [-0.1, -0.05) is 18.6 Å². The van der Waals surface area contributed by atoms with Crippen LogP contribution in [-0.4, -0.2) is 9.96 Å². The molecule has 1 fully saturated rings. The van der Waals surface area contributed by atoms with Gasteiger partial charge in [0.05, 0.1) is 5.25 Å². The Morgan fingerprint density at radius 3 is 2.93 bits per heavy atom. The van der Waals surface area contributed by atoms with Crippen molar-refractivity contribution in [1.82, 2.24) is 0 Å². The molecule has 14 heavy (non-hydrogen) atoms. The molecule has 0 N–H and O–H groups in total. The van der Waals surface area contributed by atoms with Crippen molar-refractivity contribution in [2.75, 3.05) is 5.75 Å². The van der Waals surface area contributed by atoms with E-state index in [1.807, 2.05) is 6.07 Å². The van der Waals surface area contributed by atoms with Crippen molar-refractivity contribution in [2.24, 2.45) is 0 Å². The van der Waals surface area contributed by atoms with Gasteiger partial charge in [0.1, 0.15) is 5.82 Å². The fourth-order valence-corrected chi connectivity index (χ4v) is 3.53. The molecule has 0 amide bonds. The van der Waals surface area contributed by atoms with Gasteiger partial charge in [-0.05, 0) is 30.5 Å². The molecule has 1 saturated heterocycles. The lowest BCUT2D eigenvalue weighted by atomic mass is 10.1. The fourth-order valence-electron chi connectivity index (χ4n) is 1.87. The Morgan fingerprint density at radius 2 is 2.21 bits per heavy atom. The van der Waals surface area contributed by atoms with Crippen molar-refractivity contribution in [1.29, 1.82) is 0 Å². The van der Waals surface area contributed by atoms with Gasteiger partial charge >= 0.3 is 0 Å². The van der Waals surface area contributed by atoms with Crippen LogP contribution in [0, 0.1) is 5.82 Å². The average Bonchev–Trinajstić information content (AvgIpc) is 2.18. The van der Waals surface area contributed by atoms with E-state index < -0.39 is 10.8 Å². The fraction of sp³-hybridized carbons (Fsp3) is 0.455. The lowest BCUT2D eigenvalue weighted by molar-refractivity contribution is 0.607. The molecular weight excluding hydrogens is 199 g/mol. The van der Waals surface area contributed by atoms with Crippen molar-refractivity contribution >= 4 is 10.8 Å². The highest BCUT2D eigenvalue weighted by atomic mass is 32.2. The predicted octanol–water partition coefficient (Wildman–Crippen LogP) is 2.80. The third kappa shape index (κ3) is 2.03. The Kier molecular flexibility index (Phi) is 2.96. The van der Waals surface area contributed by atoms with Crippen LogP contribution in [0.1, 0.15) is 30.1 Å². The Hall–Kier alpha value is -0.700. The molecule has 0 aliphatic carbocycles. The van der Waals surface area contributed by atoms with Crippen molar-refractivity contribution in [2.45, 2.75) is 24.5 Å².